The Balaban J connectivity index is 1.39. The van der Waals surface area contributed by atoms with Crippen molar-refractivity contribution in [3.05, 3.63) is 30.1 Å². The first-order chi connectivity index (χ1) is 11.1. The number of hydrogen-bond acceptors (Lipinski definition) is 3. The van der Waals surface area contributed by atoms with Gasteiger partial charge in [0.15, 0.2) is 0 Å². The number of rotatable bonds is 4. The summed E-state index contributed by atoms with van der Waals surface area (Å²) < 4.78 is 0. The summed E-state index contributed by atoms with van der Waals surface area (Å²) in [7, 11) is 0. The predicted octanol–water partition coefficient (Wildman–Crippen LogP) is 3.53. The van der Waals surface area contributed by atoms with Crippen LogP contribution in [0.2, 0.25) is 0 Å². The standard InChI is InChI=1S/C19H25N3O/c1-13(17-2-4-20-5-3-17)21-22-18(23)12-19-9-14-6-15(10-19)8-16(7-14)11-19/h2-5,14-16H,6-12H2,1H3,(H,22,23). The molecule has 4 fully saturated rings. The molecule has 1 N–H and O–H groups in total. The lowest BCUT2D eigenvalue weighted by atomic mass is 9.49. The van der Waals surface area contributed by atoms with Crippen LogP contribution in [0.15, 0.2) is 29.6 Å². The molecule has 122 valence electrons. The van der Waals surface area contributed by atoms with Crippen molar-refractivity contribution in [1.29, 1.82) is 0 Å². The summed E-state index contributed by atoms with van der Waals surface area (Å²) in [6, 6.07) is 3.81. The van der Waals surface area contributed by atoms with Crippen LogP contribution in [-0.4, -0.2) is 16.6 Å². The van der Waals surface area contributed by atoms with E-state index in [-0.39, 0.29) is 11.3 Å². The summed E-state index contributed by atoms with van der Waals surface area (Å²) in [6.45, 7) is 1.92. The summed E-state index contributed by atoms with van der Waals surface area (Å²) in [6.07, 6.45) is 12.2. The number of amides is 1. The fourth-order valence-electron chi connectivity index (χ4n) is 5.69. The van der Waals surface area contributed by atoms with Crippen LogP contribution < -0.4 is 5.43 Å². The lowest BCUT2D eigenvalue weighted by Gasteiger charge is -2.56. The van der Waals surface area contributed by atoms with Crippen LogP contribution in [0.5, 0.6) is 0 Å². The van der Waals surface area contributed by atoms with Gasteiger partial charge in [-0.25, -0.2) is 5.43 Å². The van der Waals surface area contributed by atoms with E-state index in [1.54, 1.807) is 12.4 Å². The van der Waals surface area contributed by atoms with E-state index in [1.807, 2.05) is 19.1 Å². The summed E-state index contributed by atoms with van der Waals surface area (Å²) in [5.41, 5.74) is 4.88. The van der Waals surface area contributed by atoms with Crippen molar-refractivity contribution in [3.63, 3.8) is 0 Å². The van der Waals surface area contributed by atoms with Gasteiger partial charge < -0.3 is 0 Å². The number of carbonyl (C=O) groups is 1. The molecule has 0 atom stereocenters. The van der Waals surface area contributed by atoms with E-state index >= 15 is 0 Å². The Bertz CT molecular complexity index is 587. The molecule has 0 aromatic carbocycles. The van der Waals surface area contributed by atoms with Crippen LogP contribution in [0.25, 0.3) is 0 Å². The Labute approximate surface area is 137 Å². The average molecular weight is 311 g/mol. The molecule has 0 aliphatic heterocycles. The molecule has 23 heavy (non-hydrogen) atoms. The van der Waals surface area contributed by atoms with Crippen LogP contribution in [-0.2, 0) is 4.79 Å². The molecule has 1 amide bonds. The predicted molar refractivity (Wildman–Crippen MR) is 89.8 cm³/mol. The van der Waals surface area contributed by atoms with Gasteiger partial charge in [-0.3, -0.25) is 9.78 Å². The van der Waals surface area contributed by atoms with Gasteiger partial charge in [-0.2, -0.15) is 5.10 Å². The maximum absolute atomic E-state index is 12.4. The quantitative estimate of drug-likeness (QED) is 0.683. The molecule has 0 unspecified atom stereocenters. The summed E-state index contributed by atoms with van der Waals surface area (Å²) in [5.74, 6) is 2.74. The third-order valence-corrected chi connectivity index (χ3v) is 6.15. The molecular formula is C19H25N3O. The lowest BCUT2D eigenvalue weighted by Crippen LogP contribution is -2.47. The second kappa shape index (κ2) is 5.73. The summed E-state index contributed by atoms with van der Waals surface area (Å²) in [4.78, 5) is 16.4. The van der Waals surface area contributed by atoms with E-state index in [1.165, 1.54) is 38.5 Å². The van der Waals surface area contributed by atoms with E-state index in [0.29, 0.717) is 6.42 Å². The van der Waals surface area contributed by atoms with Gasteiger partial charge in [0.1, 0.15) is 0 Å². The van der Waals surface area contributed by atoms with E-state index in [2.05, 4.69) is 15.5 Å². The van der Waals surface area contributed by atoms with Gasteiger partial charge in [-0.15, -0.1) is 0 Å². The maximum Gasteiger partial charge on any atom is 0.240 e. The molecule has 1 aromatic rings. The molecule has 4 aliphatic carbocycles. The number of hydrogen-bond donors (Lipinski definition) is 1. The second-order valence-corrected chi connectivity index (χ2v) is 8.06. The molecule has 4 nitrogen and oxygen atoms in total. The molecule has 4 saturated carbocycles. The van der Waals surface area contributed by atoms with Gasteiger partial charge in [0.25, 0.3) is 0 Å². The van der Waals surface area contributed by atoms with Gasteiger partial charge in [-0.05, 0) is 80.8 Å². The highest BCUT2D eigenvalue weighted by Gasteiger charge is 2.51. The zero-order valence-corrected chi connectivity index (χ0v) is 13.8. The molecule has 1 aromatic heterocycles. The third-order valence-electron chi connectivity index (χ3n) is 6.15. The fraction of sp³-hybridized carbons (Fsp3) is 0.632. The Morgan fingerprint density at radius 2 is 1.74 bits per heavy atom. The number of nitrogens with one attached hydrogen (secondary N) is 1. The minimum atomic E-state index is 0.0837. The first-order valence-electron chi connectivity index (χ1n) is 8.85. The SMILES string of the molecule is CC(=NNC(=O)CC12CC3CC(CC(C3)C1)C2)c1ccncc1. The molecule has 4 bridgehead atoms. The van der Waals surface area contributed by atoms with Crippen LogP contribution >= 0.6 is 0 Å². The van der Waals surface area contributed by atoms with Crippen molar-refractivity contribution >= 4 is 11.6 Å². The van der Waals surface area contributed by atoms with Crippen molar-refractivity contribution in [3.8, 4) is 0 Å². The third kappa shape index (κ3) is 3.04. The number of hydrazone groups is 1. The number of aromatic nitrogens is 1. The summed E-state index contributed by atoms with van der Waals surface area (Å²) in [5, 5.41) is 4.28. The number of nitrogens with zero attached hydrogens (tertiary/aromatic N) is 2. The van der Waals surface area contributed by atoms with Crippen molar-refractivity contribution in [2.75, 3.05) is 0 Å². The Morgan fingerprint density at radius 1 is 1.17 bits per heavy atom. The molecule has 0 saturated heterocycles. The topological polar surface area (TPSA) is 54.4 Å². The van der Waals surface area contributed by atoms with Gasteiger partial charge in [0, 0.05) is 24.4 Å². The molecule has 1 heterocycles. The first-order valence-corrected chi connectivity index (χ1v) is 8.85. The molecule has 5 rings (SSSR count). The monoisotopic (exact) mass is 311 g/mol. The molecule has 4 aliphatic rings. The smallest absolute Gasteiger partial charge is 0.240 e. The highest BCUT2D eigenvalue weighted by atomic mass is 16.2. The highest BCUT2D eigenvalue weighted by molar-refractivity contribution is 5.99. The molecule has 0 spiro atoms. The van der Waals surface area contributed by atoms with Crippen molar-refractivity contribution in [2.45, 2.75) is 51.9 Å². The van der Waals surface area contributed by atoms with E-state index in [9.17, 15) is 4.79 Å². The molecular weight excluding hydrogens is 286 g/mol. The fourth-order valence-corrected chi connectivity index (χ4v) is 5.69. The largest absolute Gasteiger partial charge is 0.273 e. The van der Waals surface area contributed by atoms with Gasteiger partial charge >= 0.3 is 0 Å². The first kappa shape index (κ1) is 14.9. The van der Waals surface area contributed by atoms with E-state index in [0.717, 1.165) is 29.0 Å². The van der Waals surface area contributed by atoms with Gasteiger partial charge in [-0.1, -0.05) is 0 Å². The number of carbonyl (C=O) groups excluding carboxylic acids is 1. The average Bonchev–Trinajstić information content (AvgIpc) is 2.51. The van der Waals surface area contributed by atoms with Gasteiger partial charge in [0.2, 0.25) is 5.91 Å². The minimum Gasteiger partial charge on any atom is -0.273 e. The lowest BCUT2D eigenvalue weighted by molar-refractivity contribution is -0.129. The van der Waals surface area contributed by atoms with Crippen LogP contribution in [0.1, 0.15) is 57.4 Å². The molecule has 4 heteroatoms. The number of pyridine rings is 1. The normalized spacial score (nSPS) is 35.3. The van der Waals surface area contributed by atoms with E-state index < -0.39 is 0 Å². The Hall–Kier alpha value is -1.71. The minimum absolute atomic E-state index is 0.0837. The highest BCUT2D eigenvalue weighted by Crippen LogP contribution is 2.61. The van der Waals surface area contributed by atoms with Crippen molar-refractivity contribution in [1.82, 2.24) is 10.4 Å². The zero-order chi connectivity index (χ0) is 15.9. The Kier molecular flexibility index (Phi) is 3.70. The van der Waals surface area contributed by atoms with E-state index in [4.69, 9.17) is 0 Å². The van der Waals surface area contributed by atoms with Crippen LogP contribution in [0.3, 0.4) is 0 Å². The Morgan fingerprint density at radius 3 is 2.30 bits per heavy atom. The zero-order valence-electron chi connectivity index (χ0n) is 13.8. The van der Waals surface area contributed by atoms with Crippen LogP contribution in [0, 0.1) is 23.2 Å². The second-order valence-electron chi connectivity index (χ2n) is 8.06. The maximum atomic E-state index is 12.4. The van der Waals surface area contributed by atoms with Crippen molar-refractivity contribution < 1.29 is 4.79 Å². The van der Waals surface area contributed by atoms with Crippen LogP contribution in [0.4, 0.5) is 0 Å². The summed E-state index contributed by atoms with van der Waals surface area (Å²) >= 11 is 0. The van der Waals surface area contributed by atoms with Crippen molar-refractivity contribution in [2.24, 2.45) is 28.3 Å². The molecule has 0 radical (unpaired) electrons. The van der Waals surface area contributed by atoms with Gasteiger partial charge in [0.05, 0.1) is 5.71 Å².